The first-order valence-electron chi connectivity index (χ1n) is 6.28. The predicted octanol–water partition coefficient (Wildman–Crippen LogP) is 4.29. The van der Waals surface area contributed by atoms with Gasteiger partial charge in [-0.3, -0.25) is 0 Å². The van der Waals surface area contributed by atoms with Crippen molar-refractivity contribution in [3.8, 4) is 6.07 Å². The summed E-state index contributed by atoms with van der Waals surface area (Å²) < 4.78 is 0. The van der Waals surface area contributed by atoms with Crippen LogP contribution in [0.5, 0.6) is 0 Å². The molecule has 0 aromatic rings. The Bertz CT molecular complexity index is 386. The van der Waals surface area contributed by atoms with Gasteiger partial charge in [0.1, 0.15) is 6.07 Å². The van der Waals surface area contributed by atoms with Gasteiger partial charge in [0, 0.05) is 0 Å². The molecule has 0 aliphatic carbocycles. The van der Waals surface area contributed by atoms with Crippen LogP contribution in [-0.4, -0.2) is 6.54 Å². The fraction of sp³-hybridized carbons (Fsp3) is 0.533. The predicted molar refractivity (Wildman–Crippen MR) is 79.1 cm³/mol. The third-order valence-corrected chi connectivity index (χ3v) is 3.50. The van der Waals surface area contributed by atoms with Gasteiger partial charge in [0.2, 0.25) is 0 Å². The van der Waals surface area contributed by atoms with E-state index in [1.54, 1.807) is 6.92 Å². The molecule has 18 heavy (non-hydrogen) atoms. The van der Waals surface area contributed by atoms with Crippen LogP contribution in [0.1, 0.15) is 40.0 Å². The average Bonchev–Trinajstić information content (AvgIpc) is 2.34. The van der Waals surface area contributed by atoms with Gasteiger partial charge < -0.3 is 5.73 Å². The number of hydrogen-bond acceptors (Lipinski definition) is 2. The first-order chi connectivity index (χ1) is 8.43. The Morgan fingerprint density at radius 2 is 2.06 bits per heavy atom. The van der Waals surface area contributed by atoms with Gasteiger partial charge >= 0.3 is 0 Å². The molecular formula is C15H23ClN2. The van der Waals surface area contributed by atoms with E-state index < -0.39 is 0 Å². The van der Waals surface area contributed by atoms with Crippen molar-refractivity contribution >= 4 is 11.6 Å². The van der Waals surface area contributed by atoms with E-state index in [4.69, 9.17) is 22.6 Å². The lowest BCUT2D eigenvalue weighted by atomic mass is 9.94. The second-order valence-electron chi connectivity index (χ2n) is 4.69. The highest BCUT2D eigenvalue weighted by Gasteiger charge is 2.07. The third-order valence-electron chi connectivity index (χ3n) is 2.97. The van der Waals surface area contributed by atoms with Crippen molar-refractivity contribution in [2.75, 3.05) is 6.54 Å². The van der Waals surface area contributed by atoms with Gasteiger partial charge in [0.05, 0.1) is 10.6 Å². The minimum Gasteiger partial charge on any atom is -0.330 e. The molecule has 0 spiro atoms. The van der Waals surface area contributed by atoms with E-state index in [0.29, 0.717) is 22.1 Å². The van der Waals surface area contributed by atoms with E-state index in [9.17, 15) is 0 Å². The summed E-state index contributed by atoms with van der Waals surface area (Å²) in [6.07, 6.45) is 5.11. The lowest BCUT2D eigenvalue weighted by molar-refractivity contribution is 0.562. The van der Waals surface area contributed by atoms with Crippen LogP contribution < -0.4 is 5.73 Å². The number of halogens is 1. The Morgan fingerprint density at radius 1 is 1.44 bits per heavy atom. The van der Waals surface area contributed by atoms with Crippen LogP contribution in [0, 0.1) is 17.2 Å². The SMILES string of the molecule is C=C(C)/C(Cl)=C(C#N)\C=C(/C)C(C)CCCCN. The van der Waals surface area contributed by atoms with Gasteiger partial charge in [-0.15, -0.1) is 0 Å². The summed E-state index contributed by atoms with van der Waals surface area (Å²) in [4.78, 5) is 0. The van der Waals surface area contributed by atoms with Gasteiger partial charge in [-0.2, -0.15) is 5.26 Å². The Hall–Kier alpha value is -1.04. The Balaban J connectivity index is 4.79. The molecule has 0 radical (unpaired) electrons. The molecule has 0 aromatic carbocycles. The standard InChI is InChI=1S/C15H23ClN2/c1-11(2)15(16)14(10-18)9-13(4)12(3)7-5-6-8-17/h9,12H,1,5-8,17H2,2-4H3/b13-9+,15-14-. The summed E-state index contributed by atoms with van der Waals surface area (Å²) in [6.45, 7) is 10.5. The van der Waals surface area contributed by atoms with Crippen molar-refractivity contribution in [3.05, 3.63) is 34.4 Å². The molecule has 1 atom stereocenters. The van der Waals surface area contributed by atoms with Crippen LogP contribution >= 0.6 is 11.6 Å². The quantitative estimate of drug-likeness (QED) is 0.424. The van der Waals surface area contributed by atoms with Crippen LogP contribution in [0.3, 0.4) is 0 Å². The second kappa shape index (κ2) is 8.97. The van der Waals surface area contributed by atoms with E-state index in [1.165, 1.54) is 5.57 Å². The van der Waals surface area contributed by atoms with Crippen LogP contribution in [0.25, 0.3) is 0 Å². The fourth-order valence-electron chi connectivity index (χ4n) is 1.57. The summed E-state index contributed by atoms with van der Waals surface area (Å²) in [7, 11) is 0. The highest BCUT2D eigenvalue weighted by molar-refractivity contribution is 6.32. The molecule has 3 heteroatoms. The first kappa shape index (κ1) is 17.0. The van der Waals surface area contributed by atoms with Crippen molar-refractivity contribution < 1.29 is 0 Å². The Labute approximate surface area is 116 Å². The monoisotopic (exact) mass is 266 g/mol. The van der Waals surface area contributed by atoms with Crippen LogP contribution in [0.15, 0.2) is 34.4 Å². The normalized spacial score (nSPS) is 14.8. The highest BCUT2D eigenvalue weighted by atomic mass is 35.5. The molecule has 0 saturated carbocycles. The maximum absolute atomic E-state index is 9.10. The smallest absolute Gasteiger partial charge is 0.101 e. The van der Waals surface area contributed by atoms with Gasteiger partial charge in [-0.25, -0.2) is 0 Å². The molecule has 0 rings (SSSR count). The van der Waals surface area contributed by atoms with Crippen molar-refractivity contribution in [1.29, 1.82) is 5.26 Å². The van der Waals surface area contributed by atoms with Gasteiger partial charge in [0.25, 0.3) is 0 Å². The van der Waals surface area contributed by atoms with E-state index in [0.717, 1.165) is 25.8 Å². The number of nitrogens with zero attached hydrogens (tertiary/aromatic N) is 1. The zero-order valence-corrected chi connectivity index (χ0v) is 12.3. The minimum absolute atomic E-state index is 0.439. The summed E-state index contributed by atoms with van der Waals surface area (Å²) in [5, 5.41) is 9.55. The molecule has 0 saturated heterocycles. The zero-order chi connectivity index (χ0) is 14.1. The van der Waals surface area contributed by atoms with Crippen molar-refractivity contribution in [2.24, 2.45) is 11.7 Å². The Morgan fingerprint density at radius 3 is 2.50 bits per heavy atom. The van der Waals surface area contributed by atoms with Crippen LogP contribution in [0.2, 0.25) is 0 Å². The number of hydrogen-bond donors (Lipinski definition) is 1. The maximum atomic E-state index is 9.10. The average molecular weight is 267 g/mol. The van der Waals surface area contributed by atoms with Gasteiger partial charge in [0.15, 0.2) is 0 Å². The molecule has 1 unspecified atom stereocenters. The molecule has 2 nitrogen and oxygen atoms in total. The first-order valence-corrected chi connectivity index (χ1v) is 6.65. The number of rotatable bonds is 7. The molecular weight excluding hydrogens is 244 g/mol. The molecule has 0 heterocycles. The summed E-state index contributed by atoms with van der Waals surface area (Å²) >= 11 is 6.05. The highest BCUT2D eigenvalue weighted by Crippen LogP contribution is 2.23. The summed E-state index contributed by atoms with van der Waals surface area (Å²) in [5.74, 6) is 0.439. The largest absolute Gasteiger partial charge is 0.330 e. The second-order valence-corrected chi connectivity index (χ2v) is 5.07. The van der Waals surface area contributed by atoms with Crippen LogP contribution in [0.4, 0.5) is 0 Å². The molecule has 100 valence electrons. The molecule has 0 bridgehead atoms. The van der Waals surface area contributed by atoms with E-state index in [-0.39, 0.29) is 0 Å². The lowest BCUT2D eigenvalue weighted by Gasteiger charge is -2.12. The number of unbranched alkanes of at least 4 members (excludes halogenated alkanes) is 1. The van der Waals surface area contributed by atoms with E-state index >= 15 is 0 Å². The third kappa shape index (κ3) is 6.05. The molecule has 0 aliphatic rings. The van der Waals surface area contributed by atoms with Gasteiger partial charge in [-0.1, -0.05) is 37.1 Å². The van der Waals surface area contributed by atoms with Crippen molar-refractivity contribution in [2.45, 2.75) is 40.0 Å². The van der Waals surface area contributed by atoms with Crippen molar-refractivity contribution in [1.82, 2.24) is 0 Å². The number of nitriles is 1. The number of nitrogens with two attached hydrogens (primary N) is 1. The van der Waals surface area contributed by atoms with Crippen LogP contribution in [-0.2, 0) is 0 Å². The van der Waals surface area contributed by atoms with E-state index in [1.807, 2.05) is 13.0 Å². The van der Waals surface area contributed by atoms with E-state index in [2.05, 4.69) is 19.6 Å². The lowest BCUT2D eigenvalue weighted by Crippen LogP contribution is -2.02. The topological polar surface area (TPSA) is 49.8 Å². The van der Waals surface area contributed by atoms with Crippen molar-refractivity contribution in [3.63, 3.8) is 0 Å². The Kier molecular flexibility index (Phi) is 8.45. The molecule has 0 aromatic heterocycles. The molecule has 0 amide bonds. The molecule has 0 aliphatic heterocycles. The molecule has 0 fully saturated rings. The molecule has 2 N–H and O–H groups in total. The minimum atomic E-state index is 0.439. The summed E-state index contributed by atoms with van der Waals surface area (Å²) in [5.41, 5.74) is 7.85. The summed E-state index contributed by atoms with van der Waals surface area (Å²) in [6, 6.07) is 2.13. The zero-order valence-electron chi connectivity index (χ0n) is 11.6. The van der Waals surface area contributed by atoms with Gasteiger partial charge in [-0.05, 0) is 50.8 Å². The fourth-order valence-corrected chi connectivity index (χ4v) is 1.66. The number of allylic oxidation sites excluding steroid dienone is 5. The maximum Gasteiger partial charge on any atom is 0.101 e.